The highest BCUT2D eigenvalue weighted by molar-refractivity contribution is 5.78. The number of nitrogens with one attached hydrogen (secondary N) is 1. The second-order valence-corrected chi connectivity index (χ2v) is 3.22. The topological polar surface area (TPSA) is 58.6 Å². The van der Waals surface area contributed by atoms with Gasteiger partial charge < -0.3 is 15.2 Å². The zero-order valence-corrected chi connectivity index (χ0v) is 8.86. The molecule has 1 aromatic carbocycles. The van der Waals surface area contributed by atoms with Crippen molar-refractivity contribution in [2.24, 2.45) is 0 Å². The Balaban J connectivity index is 2.88. The lowest BCUT2D eigenvalue weighted by Crippen LogP contribution is -2.25. The third kappa shape index (κ3) is 2.95. The molecule has 1 atom stereocenters. The summed E-state index contributed by atoms with van der Waals surface area (Å²) in [6, 6.07) is 6.55. The van der Waals surface area contributed by atoms with Gasteiger partial charge in [-0.25, -0.2) is 0 Å². The number of aromatic hydroxyl groups is 1. The lowest BCUT2D eigenvalue weighted by atomic mass is 9.99. The van der Waals surface area contributed by atoms with Gasteiger partial charge in [0, 0.05) is 6.54 Å². The Morgan fingerprint density at radius 1 is 1.47 bits per heavy atom. The number of likely N-dealkylation sites (N-methyl/N-ethyl adjacent to an activating group) is 1. The SMILES string of the molecule is CNCC(C(=O)OC)c1ccc(O)cc1. The number of hydrogen-bond donors (Lipinski definition) is 2. The van der Waals surface area contributed by atoms with E-state index in [1.54, 1.807) is 31.3 Å². The minimum atomic E-state index is -0.333. The van der Waals surface area contributed by atoms with Gasteiger partial charge in [0.15, 0.2) is 0 Å². The van der Waals surface area contributed by atoms with Crippen LogP contribution in [-0.4, -0.2) is 31.8 Å². The standard InChI is InChI=1S/C11H15NO3/c1-12-7-10(11(14)15-2)8-3-5-9(13)6-4-8/h3-6,10,12-13H,7H2,1-2H3. The first-order chi connectivity index (χ1) is 7.19. The summed E-state index contributed by atoms with van der Waals surface area (Å²) in [5, 5.41) is 12.1. The third-order valence-corrected chi connectivity index (χ3v) is 2.19. The number of carbonyl (C=O) groups excluding carboxylic acids is 1. The molecule has 15 heavy (non-hydrogen) atoms. The van der Waals surface area contributed by atoms with E-state index in [0.717, 1.165) is 5.56 Å². The quantitative estimate of drug-likeness (QED) is 0.722. The van der Waals surface area contributed by atoms with Crippen molar-refractivity contribution in [2.45, 2.75) is 5.92 Å². The van der Waals surface area contributed by atoms with Crippen LogP contribution in [0.15, 0.2) is 24.3 Å². The highest BCUT2D eigenvalue weighted by Crippen LogP contribution is 2.19. The highest BCUT2D eigenvalue weighted by atomic mass is 16.5. The molecule has 0 aliphatic carbocycles. The van der Waals surface area contributed by atoms with Gasteiger partial charge in [0.1, 0.15) is 5.75 Å². The highest BCUT2D eigenvalue weighted by Gasteiger charge is 2.20. The van der Waals surface area contributed by atoms with Crippen molar-refractivity contribution in [3.63, 3.8) is 0 Å². The molecule has 82 valence electrons. The van der Waals surface area contributed by atoms with E-state index < -0.39 is 0 Å². The summed E-state index contributed by atoms with van der Waals surface area (Å²) in [6.07, 6.45) is 0. The van der Waals surface area contributed by atoms with E-state index in [4.69, 9.17) is 9.84 Å². The molecule has 1 rings (SSSR count). The number of phenols is 1. The number of methoxy groups -OCH3 is 1. The number of esters is 1. The predicted octanol–water partition coefficient (Wildman–Crippen LogP) is 0.868. The minimum Gasteiger partial charge on any atom is -0.508 e. The number of benzene rings is 1. The van der Waals surface area contributed by atoms with Crippen LogP contribution >= 0.6 is 0 Å². The lowest BCUT2D eigenvalue weighted by Gasteiger charge is -2.14. The number of carbonyl (C=O) groups is 1. The Morgan fingerprint density at radius 2 is 2.07 bits per heavy atom. The van der Waals surface area contributed by atoms with Crippen LogP contribution in [0.3, 0.4) is 0 Å². The van der Waals surface area contributed by atoms with Gasteiger partial charge >= 0.3 is 5.97 Å². The van der Waals surface area contributed by atoms with Gasteiger partial charge in [-0.05, 0) is 24.7 Å². The molecule has 0 aliphatic heterocycles. The van der Waals surface area contributed by atoms with E-state index in [-0.39, 0.29) is 17.6 Å². The molecule has 2 N–H and O–H groups in total. The van der Waals surface area contributed by atoms with Crippen LogP contribution in [0, 0.1) is 0 Å². The van der Waals surface area contributed by atoms with E-state index in [9.17, 15) is 4.79 Å². The molecule has 1 unspecified atom stereocenters. The summed E-state index contributed by atoms with van der Waals surface area (Å²) in [7, 11) is 3.14. The van der Waals surface area contributed by atoms with Gasteiger partial charge in [0.05, 0.1) is 13.0 Å². The number of rotatable bonds is 4. The zero-order valence-electron chi connectivity index (χ0n) is 8.86. The average molecular weight is 209 g/mol. The zero-order chi connectivity index (χ0) is 11.3. The van der Waals surface area contributed by atoms with Crippen molar-refractivity contribution < 1.29 is 14.6 Å². The average Bonchev–Trinajstić information content (AvgIpc) is 2.26. The Bertz CT molecular complexity index is 321. The van der Waals surface area contributed by atoms with Crippen LogP contribution in [0.1, 0.15) is 11.5 Å². The van der Waals surface area contributed by atoms with Gasteiger partial charge in [-0.15, -0.1) is 0 Å². The van der Waals surface area contributed by atoms with E-state index >= 15 is 0 Å². The second-order valence-electron chi connectivity index (χ2n) is 3.22. The summed E-state index contributed by atoms with van der Waals surface area (Å²) in [5.74, 6) is -0.428. The lowest BCUT2D eigenvalue weighted by molar-refractivity contribution is -0.142. The van der Waals surface area contributed by atoms with Crippen molar-refractivity contribution in [1.29, 1.82) is 0 Å². The van der Waals surface area contributed by atoms with Crippen LogP contribution in [0.25, 0.3) is 0 Å². The maximum Gasteiger partial charge on any atom is 0.314 e. The Hall–Kier alpha value is -1.55. The molecule has 0 aromatic heterocycles. The van der Waals surface area contributed by atoms with Crippen molar-refractivity contribution in [3.8, 4) is 5.75 Å². The van der Waals surface area contributed by atoms with Crippen LogP contribution in [0.2, 0.25) is 0 Å². The maximum absolute atomic E-state index is 11.5. The van der Waals surface area contributed by atoms with Crippen molar-refractivity contribution in [1.82, 2.24) is 5.32 Å². The normalized spacial score (nSPS) is 12.1. The molecule has 0 amide bonds. The van der Waals surface area contributed by atoms with Crippen molar-refractivity contribution in [2.75, 3.05) is 20.7 Å². The largest absolute Gasteiger partial charge is 0.508 e. The summed E-state index contributed by atoms with van der Waals surface area (Å²) < 4.78 is 4.71. The fraction of sp³-hybridized carbons (Fsp3) is 0.364. The molecular weight excluding hydrogens is 194 g/mol. The number of ether oxygens (including phenoxy) is 1. The second kappa shape index (κ2) is 5.36. The molecule has 0 heterocycles. The number of phenolic OH excluding ortho intramolecular Hbond substituents is 1. The van der Waals surface area contributed by atoms with Crippen LogP contribution in [-0.2, 0) is 9.53 Å². The summed E-state index contributed by atoms with van der Waals surface area (Å²) in [6.45, 7) is 0.511. The smallest absolute Gasteiger partial charge is 0.314 e. The van der Waals surface area contributed by atoms with E-state index in [2.05, 4.69) is 5.32 Å². The maximum atomic E-state index is 11.5. The van der Waals surface area contributed by atoms with Crippen molar-refractivity contribution in [3.05, 3.63) is 29.8 Å². The van der Waals surface area contributed by atoms with E-state index in [0.29, 0.717) is 6.54 Å². The molecule has 0 saturated carbocycles. The Kier molecular flexibility index (Phi) is 4.12. The Morgan fingerprint density at radius 3 is 2.53 bits per heavy atom. The predicted molar refractivity (Wildman–Crippen MR) is 56.8 cm³/mol. The molecule has 4 heteroatoms. The van der Waals surface area contributed by atoms with E-state index in [1.165, 1.54) is 7.11 Å². The van der Waals surface area contributed by atoms with Gasteiger partial charge in [-0.2, -0.15) is 0 Å². The molecule has 1 aromatic rings. The molecule has 0 radical (unpaired) electrons. The molecule has 0 spiro atoms. The van der Waals surface area contributed by atoms with Crippen LogP contribution < -0.4 is 5.32 Å². The fourth-order valence-electron chi connectivity index (χ4n) is 1.39. The molecule has 0 saturated heterocycles. The first kappa shape index (κ1) is 11.5. The van der Waals surface area contributed by atoms with E-state index in [1.807, 2.05) is 0 Å². The Labute approximate surface area is 88.9 Å². The third-order valence-electron chi connectivity index (χ3n) is 2.19. The van der Waals surface area contributed by atoms with Crippen LogP contribution in [0.4, 0.5) is 0 Å². The van der Waals surface area contributed by atoms with Gasteiger partial charge in [-0.3, -0.25) is 4.79 Å². The summed E-state index contributed by atoms with van der Waals surface area (Å²) >= 11 is 0. The number of hydrogen-bond acceptors (Lipinski definition) is 4. The fourth-order valence-corrected chi connectivity index (χ4v) is 1.39. The molecule has 0 fully saturated rings. The molecule has 0 bridgehead atoms. The summed E-state index contributed by atoms with van der Waals surface area (Å²) in [4.78, 5) is 11.5. The molecule has 4 nitrogen and oxygen atoms in total. The first-order valence-corrected chi connectivity index (χ1v) is 4.70. The molecular formula is C11H15NO3. The monoisotopic (exact) mass is 209 g/mol. The molecule has 0 aliphatic rings. The van der Waals surface area contributed by atoms with Gasteiger partial charge in [0.25, 0.3) is 0 Å². The first-order valence-electron chi connectivity index (χ1n) is 4.70. The minimum absolute atomic E-state index is 0.187. The van der Waals surface area contributed by atoms with Crippen molar-refractivity contribution >= 4 is 5.97 Å². The summed E-state index contributed by atoms with van der Waals surface area (Å²) in [5.41, 5.74) is 0.828. The van der Waals surface area contributed by atoms with Gasteiger partial charge in [0.2, 0.25) is 0 Å². The van der Waals surface area contributed by atoms with Gasteiger partial charge in [-0.1, -0.05) is 12.1 Å². The van der Waals surface area contributed by atoms with Crippen LogP contribution in [0.5, 0.6) is 5.75 Å².